The van der Waals surface area contributed by atoms with Crippen LogP contribution in [0.2, 0.25) is 0 Å². The number of benzene rings is 2. The minimum Gasteiger partial charge on any atom is -0.486 e. The third-order valence-corrected chi connectivity index (χ3v) is 3.75. The molecule has 1 N–H and O–H groups in total. The van der Waals surface area contributed by atoms with Crippen LogP contribution in [0.5, 0.6) is 11.5 Å². The van der Waals surface area contributed by atoms with E-state index in [9.17, 15) is 9.18 Å². The van der Waals surface area contributed by atoms with Gasteiger partial charge in [0.05, 0.1) is 0 Å². The number of hydrogen-bond donors (Lipinski definition) is 1. The highest BCUT2D eigenvalue weighted by atomic mass is 19.1. The maximum atomic E-state index is 13.7. The molecule has 1 heterocycles. The van der Waals surface area contributed by atoms with Crippen molar-refractivity contribution in [3.63, 3.8) is 0 Å². The molecule has 0 saturated heterocycles. The van der Waals surface area contributed by atoms with E-state index in [0.717, 1.165) is 5.56 Å². The first kappa shape index (κ1) is 16.1. The molecule has 0 aliphatic carbocycles. The van der Waals surface area contributed by atoms with Crippen molar-refractivity contribution >= 4 is 11.5 Å². The molecule has 0 fully saturated rings. The second-order valence-corrected chi connectivity index (χ2v) is 5.47. The molecule has 124 valence electrons. The number of amides is 1. The van der Waals surface area contributed by atoms with Crippen molar-refractivity contribution in [2.45, 2.75) is 13.5 Å². The average molecular weight is 327 g/mol. The van der Waals surface area contributed by atoms with Crippen LogP contribution < -0.4 is 14.8 Å². The molecular weight excluding hydrogens is 309 g/mol. The van der Waals surface area contributed by atoms with Gasteiger partial charge in [0, 0.05) is 23.7 Å². The number of rotatable bonds is 4. The van der Waals surface area contributed by atoms with Crippen LogP contribution in [0, 0.1) is 5.82 Å². The lowest BCUT2D eigenvalue weighted by Crippen LogP contribution is -2.23. The molecule has 3 rings (SSSR count). The van der Waals surface area contributed by atoms with Crippen molar-refractivity contribution in [2.24, 2.45) is 0 Å². The van der Waals surface area contributed by atoms with Gasteiger partial charge in [-0.2, -0.15) is 0 Å². The number of hydrogen-bond acceptors (Lipinski definition) is 3. The number of halogens is 1. The first-order valence-electron chi connectivity index (χ1n) is 7.73. The van der Waals surface area contributed by atoms with Gasteiger partial charge in [0.25, 0.3) is 0 Å². The molecule has 1 aliphatic heterocycles. The van der Waals surface area contributed by atoms with Crippen molar-refractivity contribution in [3.8, 4) is 11.5 Å². The molecule has 1 aliphatic rings. The van der Waals surface area contributed by atoms with Crippen molar-refractivity contribution in [3.05, 3.63) is 65.5 Å². The molecule has 0 atom stereocenters. The standard InChI is InChI=1S/C19H18FNO3/c1-13(15-6-2-3-7-16(15)20)11-18(22)21-12-14-5-4-8-17-19(14)24-10-9-23-17/h2-8,11H,9-10,12H2,1H3,(H,21,22)/b13-11-. The van der Waals surface area contributed by atoms with Gasteiger partial charge in [-0.3, -0.25) is 4.79 Å². The average Bonchev–Trinajstić information content (AvgIpc) is 2.60. The molecule has 0 radical (unpaired) electrons. The predicted octanol–water partition coefficient (Wildman–Crippen LogP) is 3.32. The minimum absolute atomic E-state index is 0.287. The van der Waals surface area contributed by atoms with Gasteiger partial charge in [-0.1, -0.05) is 30.3 Å². The van der Waals surface area contributed by atoms with Gasteiger partial charge in [0.1, 0.15) is 19.0 Å². The topological polar surface area (TPSA) is 47.6 Å². The van der Waals surface area contributed by atoms with Crippen LogP contribution in [0.3, 0.4) is 0 Å². The Balaban J connectivity index is 1.68. The highest BCUT2D eigenvalue weighted by molar-refractivity contribution is 5.94. The zero-order valence-corrected chi connectivity index (χ0v) is 13.3. The van der Waals surface area contributed by atoms with E-state index in [1.165, 1.54) is 12.1 Å². The Morgan fingerprint density at radius 1 is 1.17 bits per heavy atom. The summed E-state index contributed by atoms with van der Waals surface area (Å²) in [5.74, 6) is 0.719. The van der Waals surface area contributed by atoms with Gasteiger partial charge in [0.15, 0.2) is 11.5 Å². The number of para-hydroxylation sites is 1. The van der Waals surface area contributed by atoms with E-state index in [-0.39, 0.29) is 11.7 Å². The largest absolute Gasteiger partial charge is 0.486 e. The molecule has 2 aromatic carbocycles. The smallest absolute Gasteiger partial charge is 0.244 e. The third kappa shape index (κ3) is 3.56. The van der Waals surface area contributed by atoms with Crippen molar-refractivity contribution in [1.82, 2.24) is 5.32 Å². The molecule has 0 unspecified atom stereocenters. The molecule has 0 saturated carbocycles. The number of ether oxygens (including phenoxy) is 2. The van der Waals surface area contributed by atoms with Crippen LogP contribution >= 0.6 is 0 Å². The van der Waals surface area contributed by atoms with Crippen LogP contribution in [-0.2, 0) is 11.3 Å². The van der Waals surface area contributed by atoms with Gasteiger partial charge in [-0.25, -0.2) is 4.39 Å². The summed E-state index contributed by atoms with van der Waals surface area (Å²) >= 11 is 0. The fourth-order valence-electron chi connectivity index (χ4n) is 2.56. The molecule has 2 aromatic rings. The fraction of sp³-hybridized carbons (Fsp3) is 0.211. The first-order valence-corrected chi connectivity index (χ1v) is 7.73. The maximum absolute atomic E-state index is 13.7. The molecule has 0 spiro atoms. The number of fused-ring (bicyclic) bond motifs is 1. The van der Waals surface area contributed by atoms with E-state index in [2.05, 4.69) is 5.32 Å². The lowest BCUT2D eigenvalue weighted by molar-refractivity contribution is -0.116. The Morgan fingerprint density at radius 3 is 2.79 bits per heavy atom. The van der Waals surface area contributed by atoms with E-state index < -0.39 is 0 Å². The lowest BCUT2D eigenvalue weighted by atomic mass is 10.1. The number of allylic oxidation sites excluding steroid dienone is 1. The minimum atomic E-state index is -0.346. The number of nitrogens with one attached hydrogen (secondary N) is 1. The van der Waals surface area contributed by atoms with Crippen molar-refractivity contribution in [1.29, 1.82) is 0 Å². The predicted molar refractivity (Wildman–Crippen MR) is 89.3 cm³/mol. The summed E-state index contributed by atoms with van der Waals surface area (Å²) in [7, 11) is 0. The second kappa shape index (κ2) is 7.17. The van der Waals surface area contributed by atoms with Crippen molar-refractivity contribution in [2.75, 3.05) is 13.2 Å². The van der Waals surface area contributed by atoms with E-state index in [1.807, 2.05) is 18.2 Å². The van der Waals surface area contributed by atoms with Gasteiger partial charge in [-0.05, 0) is 24.6 Å². The van der Waals surface area contributed by atoms with Crippen LogP contribution in [0.4, 0.5) is 4.39 Å². The van der Waals surface area contributed by atoms with E-state index >= 15 is 0 Å². The molecule has 0 bridgehead atoms. The molecule has 5 heteroatoms. The van der Waals surface area contributed by atoms with E-state index in [0.29, 0.717) is 42.4 Å². The van der Waals surface area contributed by atoms with Gasteiger partial charge >= 0.3 is 0 Å². The van der Waals surface area contributed by atoms with Crippen LogP contribution in [-0.4, -0.2) is 19.1 Å². The lowest BCUT2D eigenvalue weighted by Gasteiger charge is -2.21. The zero-order chi connectivity index (χ0) is 16.9. The zero-order valence-electron chi connectivity index (χ0n) is 13.3. The Kier molecular flexibility index (Phi) is 4.79. The van der Waals surface area contributed by atoms with Crippen LogP contribution in [0.15, 0.2) is 48.5 Å². The van der Waals surface area contributed by atoms with Crippen LogP contribution in [0.25, 0.3) is 5.57 Å². The Labute approximate surface area is 139 Å². The Hall–Kier alpha value is -2.82. The SMILES string of the molecule is C/C(=C/C(=O)NCc1cccc2c1OCCO2)c1ccccc1F. The summed E-state index contributed by atoms with van der Waals surface area (Å²) in [5.41, 5.74) is 1.83. The molecule has 0 aromatic heterocycles. The summed E-state index contributed by atoms with van der Waals surface area (Å²) in [6.07, 6.45) is 1.39. The molecule has 24 heavy (non-hydrogen) atoms. The quantitative estimate of drug-likeness (QED) is 0.877. The highest BCUT2D eigenvalue weighted by Crippen LogP contribution is 2.33. The first-order chi connectivity index (χ1) is 11.6. The summed E-state index contributed by atoms with van der Waals surface area (Å²) in [4.78, 5) is 12.1. The van der Waals surface area contributed by atoms with Crippen LogP contribution in [0.1, 0.15) is 18.1 Å². The number of carbonyl (C=O) groups excluding carboxylic acids is 1. The highest BCUT2D eigenvalue weighted by Gasteiger charge is 2.15. The summed E-state index contributed by atoms with van der Waals surface area (Å²) in [6.45, 7) is 3.03. The van der Waals surface area contributed by atoms with E-state index in [1.54, 1.807) is 25.1 Å². The number of carbonyl (C=O) groups is 1. The molecule has 1 amide bonds. The summed E-state index contributed by atoms with van der Waals surface area (Å²) in [6, 6.07) is 11.9. The third-order valence-electron chi connectivity index (χ3n) is 3.75. The molecule has 4 nitrogen and oxygen atoms in total. The van der Waals surface area contributed by atoms with Gasteiger partial charge in [-0.15, -0.1) is 0 Å². The summed E-state index contributed by atoms with van der Waals surface area (Å²) in [5, 5.41) is 2.80. The Bertz CT molecular complexity index is 786. The normalized spacial score (nSPS) is 13.5. The van der Waals surface area contributed by atoms with Crippen molar-refractivity contribution < 1.29 is 18.7 Å². The fourth-order valence-corrected chi connectivity index (χ4v) is 2.56. The van der Waals surface area contributed by atoms with Gasteiger partial charge < -0.3 is 14.8 Å². The van der Waals surface area contributed by atoms with E-state index in [4.69, 9.17) is 9.47 Å². The monoisotopic (exact) mass is 327 g/mol. The molecular formula is C19H18FNO3. The second-order valence-electron chi connectivity index (χ2n) is 5.47. The van der Waals surface area contributed by atoms with Gasteiger partial charge in [0.2, 0.25) is 5.91 Å². The summed E-state index contributed by atoms with van der Waals surface area (Å²) < 4.78 is 24.9. The maximum Gasteiger partial charge on any atom is 0.244 e. The Morgan fingerprint density at radius 2 is 1.96 bits per heavy atom.